The molecule has 0 aliphatic heterocycles. The summed E-state index contributed by atoms with van der Waals surface area (Å²) >= 11 is 0. The molecular weight excluding hydrogens is 680 g/mol. The molecule has 0 heterocycles. The molecule has 2 N–H and O–H groups in total. The van der Waals surface area contributed by atoms with Gasteiger partial charge in [0.05, 0.1) is 49.2 Å². The van der Waals surface area contributed by atoms with Crippen molar-refractivity contribution in [3.63, 3.8) is 0 Å². The zero-order chi connectivity index (χ0) is 37.8. The normalized spacial score (nSPS) is 11.2. The Morgan fingerprint density at radius 1 is 0.547 bits per heavy atom. The van der Waals surface area contributed by atoms with Crippen LogP contribution in [0.2, 0.25) is 0 Å². The average Bonchev–Trinajstić information content (AvgIpc) is 3.16. The summed E-state index contributed by atoms with van der Waals surface area (Å²) in [6.07, 6.45) is 4.87. The molecule has 0 aromatic heterocycles. The molecular formula is C39H40N6O8. The first-order valence-corrected chi connectivity index (χ1v) is 16.7. The van der Waals surface area contributed by atoms with Crippen LogP contribution in [-0.4, -0.2) is 48.6 Å². The molecule has 0 saturated carbocycles. The first-order valence-electron chi connectivity index (χ1n) is 16.7. The molecule has 53 heavy (non-hydrogen) atoms. The highest BCUT2D eigenvalue weighted by atomic mass is 16.5. The van der Waals surface area contributed by atoms with Crippen molar-refractivity contribution in [1.82, 2.24) is 0 Å². The molecule has 0 saturated heterocycles. The number of phenols is 2. The van der Waals surface area contributed by atoms with Crippen LogP contribution < -0.4 is 9.47 Å². The highest BCUT2D eigenvalue weighted by molar-refractivity contribution is 5.81. The van der Waals surface area contributed by atoms with Crippen molar-refractivity contribution in [2.24, 2.45) is 30.7 Å². The highest BCUT2D eigenvalue weighted by Crippen LogP contribution is 2.34. The molecule has 4 aromatic carbocycles. The molecule has 0 spiro atoms. The van der Waals surface area contributed by atoms with Gasteiger partial charge in [0, 0.05) is 24.3 Å². The van der Waals surface area contributed by atoms with E-state index >= 15 is 0 Å². The topological polar surface area (TPSA) is 186 Å². The van der Waals surface area contributed by atoms with Crippen LogP contribution in [-0.2, 0) is 19.1 Å². The summed E-state index contributed by atoms with van der Waals surface area (Å²) in [4.78, 5) is 22.1. The van der Waals surface area contributed by atoms with Gasteiger partial charge in [0.1, 0.15) is 34.4 Å². The molecule has 4 rings (SSSR count). The van der Waals surface area contributed by atoms with Crippen molar-refractivity contribution in [3.8, 4) is 23.0 Å². The third-order valence-corrected chi connectivity index (χ3v) is 7.18. The zero-order valence-corrected chi connectivity index (χ0v) is 29.3. The number of aryl methyl sites for hydroxylation is 1. The maximum absolute atomic E-state index is 11.1. The lowest BCUT2D eigenvalue weighted by atomic mass is 10.2. The number of esters is 2. The fourth-order valence-electron chi connectivity index (χ4n) is 4.34. The third-order valence-electron chi connectivity index (χ3n) is 7.18. The lowest BCUT2D eigenvalue weighted by molar-refractivity contribution is -0.138. The van der Waals surface area contributed by atoms with E-state index in [-0.39, 0.29) is 36.1 Å². The SMILES string of the molecule is C=CC(=O)OCCCCOc1ccc(N=Nc2ccc(N=Nc3ccc(N=Nc4ccc(OCCCCOC(=O)C=C)cc4O)cc3C)cc2)c(O)c1. The lowest BCUT2D eigenvalue weighted by Crippen LogP contribution is -2.04. The summed E-state index contributed by atoms with van der Waals surface area (Å²) in [6, 6.07) is 21.8. The number of ether oxygens (including phenoxy) is 4. The Morgan fingerprint density at radius 3 is 1.38 bits per heavy atom. The lowest BCUT2D eigenvalue weighted by Gasteiger charge is -2.07. The first-order chi connectivity index (χ1) is 25.7. The standard InChI is InChI=1S/C39H40N6O8/c1-4-38(48)52-22-8-6-20-50-31-15-18-34(36(46)25-31)44-41-29-12-10-28(11-13-29)40-43-33-17-14-30(24-27(33)3)42-45-35-19-16-32(26-37(35)47)51-21-7-9-23-53-39(49)5-2/h4-5,10-19,24-26,46-47H,1-2,6-9,20-23H2,3H3. The summed E-state index contributed by atoms with van der Waals surface area (Å²) in [5.74, 6) is -0.0883. The largest absolute Gasteiger partial charge is 0.505 e. The van der Waals surface area contributed by atoms with Crippen LogP contribution in [0.3, 0.4) is 0 Å². The second-order valence-corrected chi connectivity index (χ2v) is 11.2. The van der Waals surface area contributed by atoms with Crippen LogP contribution in [0.5, 0.6) is 23.0 Å². The highest BCUT2D eigenvalue weighted by Gasteiger charge is 2.06. The van der Waals surface area contributed by atoms with E-state index in [9.17, 15) is 19.8 Å². The fourth-order valence-corrected chi connectivity index (χ4v) is 4.34. The van der Waals surface area contributed by atoms with Crippen molar-refractivity contribution in [2.45, 2.75) is 32.6 Å². The first kappa shape index (κ1) is 39.1. The summed E-state index contributed by atoms with van der Waals surface area (Å²) in [5.41, 5.74) is 3.77. The molecule has 0 bridgehead atoms. The summed E-state index contributed by atoms with van der Waals surface area (Å²) in [6.45, 7) is 9.95. The summed E-state index contributed by atoms with van der Waals surface area (Å²) in [7, 11) is 0. The van der Waals surface area contributed by atoms with Crippen molar-refractivity contribution in [1.29, 1.82) is 0 Å². The number of phenolic OH excluding ortho intramolecular Hbond substituents is 2. The van der Waals surface area contributed by atoms with Crippen LogP contribution in [0.1, 0.15) is 31.2 Å². The third kappa shape index (κ3) is 13.5. The number of hydrogen-bond acceptors (Lipinski definition) is 14. The van der Waals surface area contributed by atoms with Crippen LogP contribution in [0.4, 0.5) is 34.1 Å². The quantitative estimate of drug-likeness (QED) is 0.0390. The number of nitrogens with zero attached hydrogens (tertiary/aromatic N) is 6. The maximum Gasteiger partial charge on any atom is 0.330 e. The minimum Gasteiger partial charge on any atom is -0.505 e. The smallest absolute Gasteiger partial charge is 0.330 e. The zero-order valence-electron chi connectivity index (χ0n) is 29.3. The Balaban J connectivity index is 1.23. The van der Waals surface area contributed by atoms with E-state index in [1.807, 2.05) is 13.0 Å². The Morgan fingerprint density at radius 2 is 0.943 bits per heavy atom. The van der Waals surface area contributed by atoms with Crippen LogP contribution in [0.15, 0.2) is 135 Å². The number of rotatable bonds is 20. The number of azo groups is 3. The Labute approximate surface area is 306 Å². The molecule has 0 unspecified atom stereocenters. The minimum atomic E-state index is -0.454. The molecule has 0 fully saturated rings. The van der Waals surface area contributed by atoms with Crippen LogP contribution in [0.25, 0.3) is 0 Å². The van der Waals surface area contributed by atoms with Crippen LogP contribution >= 0.6 is 0 Å². The molecule has 14 heteroatoms. The Hall–Kier alpha value is -6.70. The Bertz CT molecular complexity index is 1960. The predicted octanol–water partition coefficient (Wildman–Crippen LogP) is 10.4. The van der Waals surface area contributed by atoms with Crippen molar-refractivity contribution >= 4 is 46.1 Å². The van der Waals surface area contributed by atoms with E-state index in [0.29, 0.717) is 73.1 Å². The van der Waals surface area contributed by atoms with Gasteiger partial charge in [0.15, 0.2) is 0 Å². The molecule has 14 nitrogen and oxygen atoms in total. The molecule has 0 atom stereocenters. The number of carbonyl (C=O) groups is 2. The van der Waals surface area contributed by atoms with Gasteiger partial charge in [0.2, 0.25) is 0 Å². The molecule has 274 valence electrons. The fraction of sp³-hybridized carbons (Fsp3) is 0.231. The molecule has 4 aromatic rings. The summed E-state index contributed by atoms with van der Waals surface area (Å²) in [5, 5.41) is 46.1. The Kier molecular flexibility index (Phi) is 15.4. The van der Waals surface area contributed by atoms with Gasteiger partial charge in [-0.15, -0.1) is 10.2 Å². The van der Waals surface area contributed by atoms with Gasteiger partial charge in [-0.05, 0) is 105 Å². The van der Waals surface area contributed by atoms with Gasteiger partial charge >= 0.3 is 11.9 Å². The number of aromatic hydroxyl groups is 2. The number of benzene rings is 4. The van der Waals surface area contributed by atoms with Gasteiger partial charge in [-0.25, -0.2) is 9.59 Å². The second kappa shape index (κ2) is 20.8. The number of carbonyl (C=O) groups excluding carboxylic acids is 2. The van der Waals surface area contributed by atoms with Gasteiger partial charge < -0.3 is 29.2 Å². The van der Waals surface area contributed by atoms with Gasteiger partial charge in [-0.1, -0.05) is 13.2 Å². The molecule has 0 aliphatic rings. The molecule has 0 amide bonds. The summed E-state index contributed by atoms with van der Waals surface area (Å²) < 4.78 is 21.1. The van der Waals surface area contributed by atoms with E-state index in [1.54, 1.807) is 60.7 Å². The van der Waals surface area contributed by atoms with Gasteiger partial charge in [-0.2, -0.15) is 20.5 Å². The number of hydrogen-bond donors (Lipinski definition) is 2. The monoisotopic (exact) mass is 720 g/mol. The maximum atomic E-state index is 11.1. The molecule has 0 aliphatic carbocycles. The van der Waals surface area contributed by atoms with Crippen LogP contribution in [0, 0.1) is 6.92 Å². The molecule has 0 radical (unpaired) electrons. The predicted molar refractivity (Wildman–Crippen MR) is 198 cm³/mol. The van der Waals surface area contributed by atoms with E-state index < -0.39 is 11.9 Å². The van der Waals surface area contributed by atoms with Crippen molar-refractivity contribution in [2.75, 3.05) is 26.4 Å². The average molecular weight is 721 g/mol. The van der Waals surface area contributed by atoms with Crippen molar-refractivity contribution in [3.05, 3.63) is 110 Å². The van der Waals surface area contributed by atoms with Gasteiger partial charge in [0.25, 0.3) is 0 Å². The van der Waals surface area contributed by atoms with E-state index in [0.717, 1.165) is 17.7 Å². The van der Waals surface area contributed by atoms with Gasteiger partial charge in [-0.3, -0.25) is 0 Å². The van der Waals surface area contributed by atoms with E-state index in [1.165, 1.54) is 12.1 Å². The van der Waals surface area contributed by atoms with Crippen molar-refractivity contribution < 1.29 is 38.7 Å². The second-order valence-electron chi connectivity index (χ2n) is 11.2. The van der Waals surface area contributed by atoms with E-state index in [4.69, 9.17) is 18.9 Å². The minimum absolute atomic E-state index is 0.0747. The number of unbranched alkanes of at least 4 members (excludes halogenated alkanes) is 2. The van der Waals surface area contributed by atoms with E-state index in [2.05, 4.69) is 43.8 Å².